The fraction of sp³-hybridized carbons (Fsp3) is 0.688. The maximum atomic E-state index is 11.4. The molecule has 2 aliphatic heterocycles. The van der Waals surface area contributed by atoms with E-state index in [1.807, 2.05) is 0 Å². The van der Waals surface area contributed by atoms with Crippen LogP contribution < -0.4 is 0 Å². The molecule has 3 atom stereocenters. The molecule has 1 aromatic rings. The van der Waals surface area contributed by atoms with Crippen molar-refractivity contribution in [1.29, 1.82) is 0 Å². The number of aliphatic imine (C=N–C) groups is 1. The zero-order chi connectivity index (χ0) is 17.8. The van der Waals surface area contributed by atoms with Crippen LogP contribution in [0.15, 0.2) is 11.3 Å². The van der Waals surface area contributed by atoms with Crippen molar-refractivity contribution in [3.8, 4) is 0 Å². The number of aliphatic hydroxyl groups excluding tert-OH is 2. The summed E-state index contributed by atoms with van der Waals surface area (Å²) in [5, 5.41) is 19.7. The Morgan fingerprint density at radius 1 is 1.48 bits per heavy atom. The highest BCUT2D eigenvalue weighted by atomic mass is 16.5. The number of hydrogen-bond acceptors (Lipinski definition) is 8. The van der Waals surface area contributed by atoms with Crippen LogP contribution in [-0.2, 0) is 14.3 Å². The van der Waals surface area contributed by atoms with Gasteiger partial charge in [0.25, 0.3) is 0 Å². The van der Waals surface area contributed by atoms with Crippen LogP contribution in [-0.4, -0.2) is 62.8 Å². The maximum absolute atomic E-state index is 11.4. The number of rotatable bonds is 7. The molecule has 0 spiro atoms. The smallest absolute Gasteiger partial charge is 0.305 e. The first-order valence-electron chi connectivity index (χ1n) is 8.60. The lowest BCUT2D eigenvalue weighted by atomic mass is 10.2. The van der Waals surface area contributed by atoms with E-state index >= 15 is 0 Å². The molecular weight excluding hydrogens is 328 g/mol. The van der Waals surface area contributed by atoms with Crippen LogP contribution >= 0.6 is 0 Å². The second-order valence-electron chi connectivity index (χ2n) is 6.10. The number of carbonyl (C=O) groups excluding carboxylic acids is 1. The number of fused-ring (bicyclic) bond motifs is 1. The number of imidazole rings is 1. The lowest BCUT2D eigenvalue weighted by molar-refractivity contribution is -0.143. The molecule has 0 saturated carbocycles. The van der Waals surface area contributed by atoms with Crippen LogP contribution in [0.3, 0.4) is 0 Å². The van der Waals surface area contributed by atoms with Gasteiger partial charge in [-0.2, -0.15) is 0 Å². The largest absolute Gasteiger partial charge is 0.466 e. The Hall–Kier alpha value is -1.97. The highest BCUT2D eigenvalue weighted by Gasteiger charge is 2.32. The molecular formula is C16H24N4O5. The first-order valence-corrected chi connectivity index (χ1v) is 8.60. The van der Waals surface area contributed by atoms with E-state index < -0.39 is 6.23 Å². The molecule has 2 N–H and O–H groups in total. The highest BCUT2D eigenvalue weighted by molar-refractivity contribution is 5.69. The summed E-state index contributed by atoms with van der Waals surface area (Å²) in [5.41, 5.74) is 0.467. The van der Waals surface area contributed by atoms with Gasteiger partial charge in [-0.05, 0) is 26.2 Å². The van der Waals surface area contributed by atoms with Crippen molar-refractivity contribution in [3.05, 3.63) is 12.0 Å². The first kappa shape index (κ1) is 17.8. The molecule has 138 valence electrons. The lowest BCUT2D eigenvalue weighted by Crippen LogP contribution is -2.31. The monoisotopic (exact) mass is 352 g/mol. The Bertz CT molecular complexity index is 632. The fourth-order valence-corrected chi connectivity index (χ4v) is 3.09. The van der Waals surface area contributed by atoms with Gasteiger partial charge >= 0.3 is 5.97 Å². The number of carbonyl (C=O) groups is 1. The Kier molecular flexibility index (Phi) is 5.67. The summed E-state index contributed by atoms with van der Waals surface area (Å²) in [5.74, 6) is 0.324. The summed E-state index contributed by atoms with van der Waals surface area (Å²) in [7, 11) is 0. The molecule has 3 rings (SSSR count). The molecule has 0 aromatic carbocycles. The molecule has 1 aromatic heterocycles. The summed E-state index contributed by atoms with van der Waals surface area (Å²) < 4.78 is 12.4. The number of hydrogen-bond donors (Lipinski definition) is 2. The minimum absolute atomic E-state index is 0.00642. The van der Waals surface area contributed by atoms with Crippen LogP contribution in [0.25, 0.3) is 0 Å². The van der Waals surface area contributed by atoms with Gasteiger partial charge in [0.15, 0.2) is 12.0 Å². The number of esters is 1. The van der Waals surface area contributed by atoms with E-state index in [9.17, 15) is 15.0 Å². The zero-order valence-electron chi connectivity index (χ0n) is 14.2. The van der Waals surface area contributed by atoms with Crippen molar-refractivity contribution in [1.82, 2.24) is 14.5 Å². The van der Waals surface area contributed by atoms with E-state index in [0.29, 0.717) is 37.5 Å². The van der Waals surface area contributed by atoms with E-state index in [4.69, 9.17) is 9.47 Å². The van der Waals surface area contributed by atoms with E-state index in [1.54, 1.807) is 29.1 Å². The van der Waals surface area contributed by atoms with Gasteiger partial charge in [0.2, 0.25) is 0 Å². The molecule has 2 aliphatic rings. The van der Waals surface area contributed by atoms with Gasteiger partial charge in [-0.15, -0.1) is 0 Å². The van der Waals surface area contributed by atoms with E-state index in [2.05, 4.69) is 9.98 Å². The van der Waals surface area contributed by atoms with Gasteiger partial charge in [0, 0.05) is 13.0 Å². The zero-order valence-corrected chi connectivity index (χ0v) is 14.2. The number of aromatic nitrogens is 2. The first-order chi connectivity index (χ1) is 12.1. The Morgan fingerprint density at radius 2 is 2.32 bits per heavy atom. The van der Waals surface area contributed by atoms with Crippen molar-refractivity contribution >= 4 is 18.1 Å². The van der Waals surface area contributed by atoms with Crippen LogP contribution in [0.2, 0.25) is 0 Å². The normalized spacial score (nSPS) is 25.2. The predicted octanol–water partition coefficient (Wildman–Crippen LogP) is 0.863. The van der Waals surface area contributed by atoms with Crippen LogP contribution in [0.5, 0.6) is 0 Å². The molecule has 0 aliphatic carbocycles. The average Bonchev–Trinajstić information content (AvgIpc) is 3.23. The summed E-state index contributed by atoms with van der Waals surface area (Å²) in [6.45, 7) is 2.61. The van der Waals surface area contributed by atoms with Crippen LogP contribution in [0, 0.1) is 0 Å². The average molecular weight is 352 g/mol. The maximum Gasteiger partial charge on any atom is 0.305 e. The molecule has 3 heterocycles. The molecule has 25 heavy (non-hydrogen) atoms. The van der Waals surface area contributed by atoms with Gasteiger partial charge < -0.3 is 24.6 Å². The highest BCUT2D eigenvalue weighted by Crippen LogP contribution is 2.37. The van der Waals surface area contributed by atoms with Crippen molar-refractivity contribution in [3.63, 3.8) is 0 Å². The fourth-order valence-electron chi connectivity index (χ4n) is 3.09. The Balaban J connectivity index is 1.61. The topological polar surface area (TPSA) is 109 Å². The van der Waals surface area contributed by atoms with Crippen molar-refractivity contribution in [2.45, 2.75) is 51.2 Å². The van der Waals surface area contributed by atoms with Gasteiger partial charge in [-0.25, -0.2) is 9.98 Å². The van der Waals surface area contributed by atoms with Gasteiger partial charge in [-0.1, -0.05) is 0 Å². The summed E-state index contributed by atoms with van der Waals surface area (Å²) in [6.07, 6.45) is 4.27. The molecule has 0 radical (unpaired) electrons. The molecule has 0 amide bonds. The molecule has 1 unspecified atom stereocenters. The van der Waals surface area contributed by atoms with Gasteiger partial charge in [-0.3, -0.25) is 9.36 Å². The number of nitrogens with zero attached hydrogens (tertiary/aromatic N) is 4. The molecule has 0 bridgehead atoms. The summed E-state index contributed by atoms with van der Waals surface area (Å²) >= 11 is 0. The van der Waals surface area contributed by atoms with Crippen molar-refractivity contribution < 1.29 is 24.5 Å². The second-order valence-corrected chi connectivity index (χ2v) is 6.10. The van der Waals surface area contributed by atoms with Gasteiger partial charge in [0.05, 0.1) is 32.0 Å². The second kappa shape index (κ2) is 7.94. The van der Waals surface area contributed by atoms with Crippen LogP contribution in [0.4, 0.5) is 5.82 Å². The minimum atomic E-state index is -0.911. The minimum Gasteiger partial charge on any atom is -0.466 e. The quantitative estimate of drug-likeness (QED) is 0.701. The Labute approximate surface area is 145 Å². The SMILES string of the molecule is CCOC(=O)CCCN1C=Nc2c(ncn2[C@H]2CC[C@@H](CO)O2)C1O. The third-order valence-electron chi connectivity index (χ3n) is 4.38. The number of aliphatic hydroxyl groups is 2. The predicted molar refractivity (Wildman–Crippen MR) is 88.1 cm³/mol. The standard InChI is InChI=1S/C16H24N4O5/c1-2-24-13(22)4-3-7-19-9-18-15-14(16(19)23)17-10-20(15)12-6-5-11(8-21)25-12/h9-12,16,21,23H,2-8H2,1H3/t11-,12+,16?/m0/s1. The molecule has 9 heteroatoms. The van der Waals surface area contributed by atoms with E-state index in [0.717, 1.165) is 12.8 Å². The molecule has 1 fully saturated rings. The Morgan fingerprint density at radius 3 is 3.04 bits per heavy atom. The van der Waals surface area contributed by atoms with Crippen LogP contribution in [0.1, 0.15) is 50.8 Å². The lowest BCUT2D eigenvalue weighted by Gasteiger charge is -2.28. The molecule has 1 saturated heterocycles. The molecule has 9 nitrogen and oxygen atoms in total. The van der Waals surface area contributed by atoms with Crippen molar-refractivity contribution in [2.75, 3.05) is 19.8 Å². The van der Waals surface area contributed by atoms with Crippen molar-refractivity contribution in [2.24, 2.45) is 4.99 Å². The van der Waals surface area contributed by atoms with Gasteiger partial charge in [0.1, 0.15) is 11.9 Å². The number of ether oxygens (including phenoxy) is 2. The summed E-state index contributed by atoms with van der Waals surface area (Å²) in [6, 6.07) is 0. The third-order valence-corrected chi connectivity index (χ3v) is 4.38. The third kappa shape index (κ3) is 3.83. The van der Waals surface area contributed by atoms with E-state index in [-0.39, 0.29) is 24.9 Å². The van der Waals surface area contributed by atoms with E-state index in [1.165, 1.54) is 0 Å². The summed E-state index contributed by atoms with van der Waals surface area (Å²) in [4.78, 5) is 21.7.